The molecule has 0 saturated carbocycles. The number of rotatable bonds is 1. The van der Waals surface area contributed by atoms with Crippen LogP contribution >= 0.6 is 0 Å². The Kier molecular flexibility index (Phi) is 5.29. The third-order valence-corrected chi connectivity index (χ3v) is 6.16. The minimum atomic E-state index is -1.22. The van der Waals surface area contributed by atoms with Crippen LogP contribution in [0.15, 0.2) is 36.7 Å². The van der Waals surface area contributed by atoms with Crippen LogP contribution in [0.25, 0.3) is 11.2 Å². The van der Waals surface area contributed by atoms with E-state index in [-0.39, 0.29) is 31.2 Å². The summed E-state index contributed by atoms with van der Waals surface area (Å²) in [6.07, 6.45) is 2.86. The molecular weight excluding hydrogens is 429 g/mol. The van der Waals surface area contributed by atoms with E-state index in [1.54, 1.807) is 28.4 Å². The van der Waals surface area contributed by atoms with Gasteiger partial charge in [-0.3, -0.25) is 14.1 Å². The Balaban J connectivity index is 1.66. The Bertz CT molecular complexity index is 1300. The Morgan fingerprint density at radius 1 is 1.21 bits per heavy atom. The van der Waals surface area contributed by atoms with Crippen LogP contribution in [0.5, 0.6) is 0 Å². The maximum absolute atomic E-state index is 14.6. The van der Waals surface area contributed by atoms with Crippen molar-refractivity contribution in [2.24, 2.45) is 0 Å². The summed E-state index contributed by atoms with van der Waals surface area (Å²) in [6, 6.07) is 6.51. The summed E-state index contributed by atoms with van der Waals surface area (Å²) < 4.78 is 22.1. The molecule has 2 amide bonds. The minimum Gasteiger partial charge on any atom is -0.465 e. The lowest BCUT2D eigenvalue weighted by Gasteiger charge is -2.27. The Labute approximate surface area is 188 Å². The maximum Gasteiger partial charge on any atom is 0.413 e. The Morgan fingerprint density at radius 3 is 2.76 bits per heavy atom. The van der Waals surface area contributed by atoms with E-state index in [2.05, 4.69) is 10.2 Å². The van der Waals surface area contributed by atoms with E-state index in [0.717, 1.165) is 16.0 Å². The van der Waals surface area contributed by atoms with Gasteiger partial charge in [0.1, 0.15) is 18.0 Å². The van der Waals surface area contributed by atoms with Crippen molar-refractivity contribution in [2.75, 3.05) is 18.0 Å². The zero-order valence-corrected chi connectivity index (χ0v) is 18.0. The molecule has 170 valence electrons. The number of nitrogens with zero attached hydrogens (tertiary/aromatic N) is 5. The van der Waals surface area contributed by atoms with E-state index in [9.17, 15) is 19.1 Å². The van der Waals surface area contributed by atoms with Gasteiger partial charge >= 0.3 is 6.09 Å². The Morgan fingerprint density at radius 2 is 2.03 bits per heavy atom. The molecule has 0 radical (unpaired) electrons. The SMILES string of the molecule is CC(=O)N1CC=C(c2cc3c(n4cnnc24)N(C(=O)O)Cc2c(F)cccc2COC3)CC1. The van der Waals surface area contributed by atoms with Gasteiger partial charge in [-0.05, 0) is 29.7 Å². The second kappa shape index (κ2) is 8.28. The Hall–Kier alpha value is -3.79. The van der Waals surface area contributed by atoms with E-state index in [1.165, 1.54) is 12.4 Å². The topological polar surface area (TPSA) is 100 Å². The summed E-state index contributed by atoms with van der Waals surface area (Å²) in [7, 11) is 0. The molecule has 1 N–H and O–H groups in total. The lowest BCUT2D eigenvalue weighted by molar-refractivity contribution is -0.128. The van der Waals surface area contributed by atoms with Crippen LogP contribution in [0.4, 0.5) is 15.0 Å². The molecule has 0 unspecified atom stereocenters. The number of carboxylic acid groups (broad SMARTS) is 1. The van der Waals surface area contributed by atoms with Crippen LogP contribution in [0.3, 0.4) is 0 Å². The maximum atomic E-state index is 14.6. The van der Waals surface area contributed by atoms with Gasteiger partial charge in [0, 0.05) is 36.7 Å². The lowest BCUT2D eigenvalue weighted by Crippen LogP contribution is -2.33. The van der Waals surface area contributed by atoms with Crippen LogP contribution in [0, 0.1) is 5.82 Å². The van der Waals surface area contributed by atoms with Gasteiger partial charge in [0.2, 0.25) is 5.91 Å². The smallest absolute Gasteiger partial charge is 0.413 e. The van der Waals surface area contributed by atoms with Crippen molar-refractivity contribution >= 4 is 29.0 Å². The molecule has 0 aliphatic carbocycles. The molecule has 5 rings (SSSR count). The number of anilines is 1. The molecule has 33 heavy (non-hydrogen) atoms. The number of halogens is 1. The van der Waals surface area contributed by atoms with Crippen LogP contribution in [-0.2, 0) is 29.3 Å². The molecule has 0 saturated heterocycles. The van der Waals surface area contributed by atoms with E-state index < -0.39 is 11.9 Å². The molecule has 0 atom stereocenters. The lowest BCUT2D eigenvalue weighted by atomic mass is 9.98. The quantitative estimate of drug-likeness (QED) is 0.610. The fourth-order valence-corrected chi connectivity index (χ4v) is 4.46. The molecular formula is C23H22FN5O4. The highest BCUT2D eigenvalue weighted by Gasteiger charge is 2.28. The average Bonchev–Trinajstić information content (AvgIpc) is 3.30. The van der Waals surface area contributed by atoms with Crippen molar-refractivity contribution in [3.05, 3.63) is 64.7 Å². The third kappa shape index (κ3) is 3.72. The molecule has 0 bridgehead atoms. The normalized spacial score (nSPS) is 16.4. The van der Waals surface area contributed by atoms with Gasteiger partial charge in [-0.1, -0.05) is 18.2 Å². The fraction of sp³-hybridized carbons (Fsp3) is 0.304. The van der Waals surface area contributed by atoms with Crippen LogP contribution in [0.1, 0.15) is 35.6 Å². The van der Waals surface area contributed by atoms with Crippen molar-refractivity contribution in [3.63, 3.8) is 0 Å². The molecule has 0 fully saturated rings. The van der Waals surface area contributed by atoms with E-state index in [1.807, 2.05) is 12.1 Å². The summed E-state index contributed by atoms with van der Waals surface area (Å²) in [5.74, 6) is -0.140. The van der Waals surface area contributed by atoms with Crippen molar-refractivity contribution in [1.29, 1.82) is 0 Å². The van der Waals surface area contributed by atoms with E-state index >= 15 is 0 Å². The first-order chi connectivity index (χ1) is 15.9. The van der Waals surface area contributed by atoms with Crippen LogP contribution in [0.2, 0.25) is 0 Å². The van der Waals surface area contributed by atoms with E-state index in [4.69, 9.17) is 4.74 Å². The number of benzene rings is 1. The monoisotopic (exact) mass is 451 g/mol. The van der Waals surface area contributed by atoms with Gasteiger partial charge in [-0.2, -0.15) is 0 Å². The van der Waals surface area contributed by atoms with Crippen molar-refractivity contribution in [3.8, 4) is 0 Å². The molecule has 9 nitrogen and oxygen atoms in total. The first kappa shape index (κ1) is 21.1. The van der Waals surface area contributed by atoms with Crippen molar-refractivity contribution < 1.29 is 23.8 Å². The zero-order chi connectivity index (χ0) is 23.1. The number of ether oxygens (including phenoxy) is 1. The molecule has 0 spiro atoms. The molecule has 3 aromatic rings. The molecule has 2 aliphatic rings. The van der Waals surface area contributed by atoms with Crippen molar-refractivity contribution in [2.45, 2.75) is 33.1 Å². The summed E-state index contributed by atoms with van der Waals surface area (Å²) in [6.45, 7) is 2.74. The number of carbonyl (C=O) groups is 2. The highest BCUT2D eigenvalue weighted by atomic mass is 19.1. The molecule has 2 aromatic heterocycles. The second-order valence-electron chi connectivity index (χ2n) is 8.11. The number of hydrogen-bond donors (Lipinski definition) is 1. The first-order valence-corrected chi connectivity index (χ1v) is 10.6. The number of carbonyl (C=O) groups excluding carboxylic acids is 1. The molecule has 1 aromatic carbocycles. The van der Waals surface area contributed by atoms with Gasteiger partial charge in [0.25, 0.3) is 0 Å². The predicted molar refractivity (Wildman–Crippen MR) is 117 cm³/mol. The number of hydrogen-bond acceptors (Lipinski definition) is 5. The minimum absolute atomic E-state index is 0.0182. The molecule has 10 heteroatoms. The standard InChI is InChI=1S/C23H22FN5O4/c1-14(30)27-7-5-15(6-8-27)18-9-17-12-33-11-16-3-2-4-20(24)19(16)10-28(23(31)32)22(17)29-13-25-26-21(18)29/h2-5,9,13H,6-8,10-12H2,1H3,(H,31,32). The molecule has 4 heterocycles. The van der Waals surface area contributed by atoms with Crippen LogP contribution in [-0.4, -0.2) is 49.7 Å². The zero-order valence-electron chi connectivity index (χ0n) is 18.0. The summed E-state index contributed by atoms with van der Waals surface area (Å²) in [5, 5.41) is 18.3. The van der Waals surface area contributed by atoms with Crippen LogP contribution < -0.4 is 4.90 Å². The van der Waals surface area contributed by atoms with Gasteiger partial charge in [-0.25, -0.2) is 9.18 Å². The fourth-order valence-electron chi connectivity index (χ4n) is 4.46. The summed E-state index contributed by atoms with van der Waals surface area (Å²) in [4.78, 5) is 26.9. The third-order valence-electron chi connectivity index (χ3n) is 6.16. The van der Waals surface area contributed by atoms with Crippen molar-refractivity contribution in [1.82, 2.24) is 19.5 Å². The largest absolute Gasteiger partial charge is 0.465 e. The van der Waals surface area contributed by atoms with Gasteiger partial charge in [-0.15, -0.1) is 10.2 Å². The number of aromatic nitrogens is 3. The first-order valence-electron chi connectivity index (χ1n) is 10.6. The van der Waals surface area contributed by atoms with E-state index in [0.29, 0.717) is 42.1 Å². The van der Waals surface area contributed by atoms with Gasteiger partial charge in [0.05, 0.1) is 19.8 Å². The number of fused-ring (bicyclic) bond motifs is 4. The number of pyridine rings is 1. The highest BCUT2D eigenvalue weighted by molar-refractivity contribution is 5.89. The second-order valence-corrected chi connectivity index (χ2v) is 8.11. The number of amides is 2. The average molecular weight is 451 g/mol. The summed E-state index contributed by atoms with van der Waals surface area (Å²) >= 11 is 0. The highest BCUT2D eigenvalue weighted by Crippen LogP contribution is 2.34. The molecule has 2 aliphatic heterocycles. The summed E-state index contributed by atoms with van der Waals surface area (Å²) in [5.41, 5.74) is 3.82. The van der Waals surface area contributed by atoms with Gasteiger partial charge in [0.15, 0.2) is 5.65 Å². The predicted octanol–water partition coefficient (Wildman–Crippen LogP) is 3.22. The van der Waals surface area contributed by atoms with Gasteiger partial charge < -0.3 is 14.7 Å².